The molecular formula is C26H23N3OS. The lowest BCUT2D eigenvalue weighted by molar-refractivity contribution is 0.439. The Kier molecular flexibility index (Phi) is 5.26. The zero-order valence-corrected chi connectivity index (χ0v) is 18.0. The zero-order chi connectivity index (χ0) is 21.2. The van der Waals surface area contributed by atoms with E-state index in [1.165, 1.54) is 5.56 Å². The van der Waals surface area contributed by atoms with Gasteiger partial charge >= 0.3 is 0 Å². The van der Waals surface area contributed by atoms with Crippen molar-refractivity contribution in [2.45, 2.75) is 25.4 Å². The van der Waals surface area contributed by atoms with Crippen LogP contribution in [0.15, 0.2) is 95.5 Å². The molecule has 0 spiro atoms. The molecule has 5 heteroatoms. The maximum absolute atomic E-state index is 6.38. The van der Waals surface area contributed by atoms with Crippen molar-refractivity contribution in [1.82, 2.24) is 10.3 Å². The number of aryl methyl sites for hydroxylation is 1. The van der Waals surface area contributed by atoms with Gasteiger partial charge in [-0.1, -0.05) is 55.5 Å². The van der Waals surface area contributed by atoms with Gasteiger partial charge in [0.1, 0.15) is 17.6 Å². The Balaban J connectivity index is 1.58. The summed E-state index contributed by atoms with van der Waals surface area (Å²) in [7, 11) is 0. The van der Waals surface area contributed by atoms with Crippen LogP contribution in [0, 0.1) is 0 Å². The number of hydrogen-bond donors (Lipinski definition) is 1. The van der Waals surface area contributed by atoms with Gasteiger partial charge in [0.05, 0.1) is 11.7 Å². The molecule has 1 saturated heterocycles. The number of hydrogen-bond acceptors (Lipinski definition) is 3. The van der Waals surface area contributed by atoms with Crippen molar-refractivity contribution < 1.29 is 4.42 Å². The predicted molar refractivity (Wildman–Crippen MR) is 128 cm³/mol. The summed E-state index contributed by atoms with van der Waals surface area (Å²) in [6, 6.07) is 28.5. The highest BCUT2D eigenvalue weighted by Crippen LogP contribution is 2.42. The van der Waals surface area contributed by atoms with E-state index in [0.717, 1.165) is 34.9 Å². The highest BCUT2D eigenvalue weighted by atomic mass is 32.1. The second-order valence-electron chi connectivity index (χ2n) is 7.58. The minimum Gasteiger partial charge on any atom is -0.459 e. The number of benzene rings is 2. The summed E-state index contributed by atoms with van der Waals surface area (Å²) in [6.07, 6.45) is 2.81. The molecule has 154 valence electrons. The highest BCUT2D eigenvalue weighted by molar-refractivity contribution is 7.80. The first kappa shape index (κ1) is 19.5. The molecule has 1 aliphatic rings. The molecule has 1 fully saturated rings. The Morgan fingerprint density at radius 1 is 0.935 bits per heavy atom. The number of rotatable bonds is 5. The maximum atomic E-state index is 6.38. The Bertz CT molecular complexity index is 1170. The number of furan rings is 1. The molecule has 1 N–H and O–H groups in total. The van der Waals surface area contributed by atoms with Crippen LogP contribution in [-0.2, 0) is 6.42 Å². The summed E-state index contributed by atoms with van der Waals surface area (Å²) in [5.74, 6) is 1.69. The van der Waals surface area contributed by atoms with E-state index >= 15 is 0 Å². The van der Waals surface area contributed by atoms with E-state index in [0.29, 0.717) is 5.11 Å². The molecule has 3 heterocycles. The maximum Gasteiger partial charge on any atom is 0.174 e. The molecule has 1 aliphatic heterocycles. The average Bonchev–Trinajstić information content (AvgIpc) is 3.45. The van der Waals surface area contributed by atoms with Gasteiger partial charge in [0.2, 0.25) is 0 Å². The lowest BCUT2D eigenvalue weighted by atomic mass is 10.0. The van der Waals surface area contributed by atoms with Crippen molar-refractivity contribution in [2.24, 2.45) is 0 Å². The molecule has 2 atom stereocenters. The van der Waals surface area contributed by atoms with Crippen LogP contribution in [0.1, 0.15) is 36.0 Å². The molecule has 4 aromatic rings. The van der Waals surface area contributed by atoms with Gasteiger partial charge in [-0.15, -0.1) is 0 Å². The van der Waals surface area contributed by atoms with Gasteiger partial charge in [-0.3, -0.25) is 4.98 Å². The van der Waals surface area contributed by atoms with Crippen molar-refractivity contribution in [1.29, 1.82) is 0 Å². The second kappa shape index (κ2) is 8.36. The highest BCUT2D eigenvalue weighted by Gasteiger charge is 2.42. The van der Waals surface area contributed by atoms with E-state index in [-0.39, 0.29) is 12.1 Å². The van der Waals surface area contributed by atoms with Gasteiger partial charge in [0.15, 0.2) is 5.11 Å². The predicted octanol–water partition coefficient (Wildman–Crippen LogP) is 6.08. The fourth-order valence-electron chi connectivity index (χ4n) is 4.08. The Morgan fingerprint density at radius 3 is 2.42 bits per heavy atom. The summed E-state index contributed by atoms with van der Waals surface area (Å²) in [5, 5.41) is 4.15. The first-order valence-corrected chi connectivity index (χ1v) is 10.9. The largest absolute Gasteiger partial charge is 0.459 e. The molecule has 0 unspecified atom stereocenters. The first-order valence-electron chi connectivity index (χ1n) is 10.5. The molecule has 2 aromatic carbocycles. The zero-order valence-electron chi connectivity index (χ0n) is 17.2. The third-order valence-electron chi connectivity index (χ3n) is 5.70. The van der Waals surface area contributed by atoms with Crippen LogP contribution in [0.4, 0.5) is 5.69 Å². The smallest absolute Gasteiger partial charge is 0.174 e. The van der Waals surface area contributed by atoms with E-state index in [4.69, 9.17) is 16.6 Å². The summed E-state index contributed by atoms with van der Waals surface area (Å²) >= 11 is 5.78. The van der Waals surface area contributed by atoms with Gasteiger partial charge in [-0.25, -0.2) is 0 Å². The minimum atomic E-state index is -0.146. The topological polar surface area (TPSA) is 41.3 Å². The van der Waals surface area contributed by atoms with Crippen LogP contribution in [0.5, 0.6) is 0 Å². The van der Waals surface area contributed by atoms with Gasteiger partial charge < -0.3 is 14.6 Å². The van der Waals surface area contributed by atoms with Crippen molar-refractivity contribution in [3.63, 3.8) is 0 Å². The summed E-state index contributed by atoms with van der Waals surface area (Å²) in [6.45, 7) is 2.16. The fourth-order valence-corrected chi connectivity index (χ4v) is 4.43. The van der Waals surface area contributed by atoms with Crippen LogP contribution in [-0.4, -0.2) is 10.1 Å². The lowest BCUT2D eigenvalue weighted by Crippen LogP contribution is -2.29. The van der Waals surface area contributed by atoms with Crippen molar-refractivity contribution >= 4 is 23.0 Å². The average molecular weight is 426 g/mol. The summed E-state index contributed by atoms with van der Waals surface area (Å²) in [4.78, 5) is 6.74. The van der Waals surface area contributed by atoms with E-state index in [2.05, 4.69) is 58.5 Å². The number of nitrogens with zero attached hydrogens (tertiary/aromatic N) is 2. The molecule has 0 amide bonds. The van der Waals surface area contributed by atoms with Crippen LogP contribution < -0.4 is 10.2 Å². The molecule has 0 aliphatic carbocycles. The number of thiocarbonyl (C=S) groups is 1. The van der Waals surface area contributed by atoms with E-state index in [1.54, 1.807) is 0 Å². The van der Waals surface area contributed by atoms with E-state index < -0.39 is 0 Å². The van der Waals surface area contributed by atoms with Crippen LogP contribution in [0.25, 0.3) is 11.3 Å². The summed E-state index contributed by atoms with van der Waals surface area (Å²) < 4.78 is 6.38. The normalized spacial score (nSPS) is 18.2. The van der Waals surface area contributed by atoms with Crippen molar-refractivity contribution in [3.8, 4) is 11.3 Å². The Labute approximate surface area is 187 Å². The van der Waals surface area contributed by atoms with Crippen molar-refractivity contribution in [3.05, 3.63) is 108 Å². The van der Waals surface area contributed by atoms with E-state index in [9.17, 15) is 0 Å². The number of pyridine rings is 1. The third-order valence-corrected chi connectivity index (χ3v) is 6.01. The van der Waals surface area contributed by atoms with Gasteiger partial charge in [0.25, 0.3) is 0 Å². The Hall–Kier alpha value is -3.44. The molecule has 5 rings (SSSR count). The minimum absolute atomic E-state index is 0.116. The molecule has 0 bridgehead atoms. The van der Waals surface area contributed by atoms with Gasteiger partial charge in [-0.05, 0) is 60.6 Å². The van der Waals surface area contributed by atoms with Gasteiger partial charge in [0, 0.05) is 17.4 Å². The van der Waals surface area contributed by atoms with Crippen LogP contribution in [0.2, 0.25) is 0 Å². The number of aromatic nitrogens is 1. The van der Waals surface area contributed by atoms with Crippen molar-refractivity contribution in [2.75, 3.05) is 4.90 Å². The quantitative estimate of drug-likeness (QED) is 0.392. The molecule has 0 radical (unpaired) electrons. The molecule has 2 aromatic heterocycles. The van der Waals surface area contributed by atoms with Gasteiger partial charge in [-0.2, -0.15) is 0 Å². The van der Waals surface area contributed by atoms with Crippen LogP contribution >= 0.6 is 12.2 Å². The summed E-state index contributed by atoms with van der Waals surface area (Å²) in [5.41, 5.74) is 4.32. The number of anilines is 1. The number of nitrogens with one attached hydrogen (secondary N) is 1. The third kappa shape index (κ3) is 3.73. The molecule has 4 nitrogen and oxygen atoms in total. The molecule has 31 heavy (non-hydrogen) atoms. The lowest BCUT2D eigenvalue weighted by Gasteiger charge is -2.26. The molecular weight excluding hydrogens is 402 g/mol. The van der Waals surface area contributed by atoms with Crippen LogP contribution in [0.3, 0.4) is 0 Å². The Morgan fingerprint density at radius 2 is 1.71 bits per heavy atom. The van der Waals surface area contributed by atoms with E-state index in [1.807, 2.05) is 54.7 Å². The standard InChI is InChI=1S/C26H23N3OS/c1-2-18-11-13-20(14-12-18)29-25(24(28-26(29)31)21-10-6-7-17-27-21)23-16-15-22(30-23)19-8-4-3-5-9-19/h3-17,24-25H,2H2,1H3,(H,28,31)/t24-,25+/m1/s1. The second-order valence-corrected chi connectivity index (χ2v) is 7.97. The molecule has 0 saturated carbocycles. The SMILES string of the molecule is CCc1ccc(N2C(=S)N[C@H](c3ccccn3)[C@@H]2c2ccc(-c3ccccc3)o2)cc1. The fraction of sp³-hybridized carbons (Fsp3) is 0.154. The monoisotopic (exact) mass is 425 g/mol. The first-order chi connectivity index (χ1) is 15.2.